The van der Waals surface area contributed by atoms with Gasteiger partial charge >= 0.3 is 0 Å². The zero-order chi connectivity index (χ0) is 14.6. The van der Waals surface area contributed by atoms with E-state index >= 15 is 0 Å². The van der Waals surface area contributed by atoms with E-state index in [1.54, 1.807) is 6.26 Å². The van der Waals surface area contributed by atoms with E-state index in [4.69, 9.17) is 10.2 Å². The Balaban J connectivity index is 2.03. The Labute approximate surface area is 123 Å². The lowest BCUT2D eigenvalue weighted by Crippen LogP contribution is -2.47. The maximum Gasteiger partial charge on any atom is 0.0950 e. The van der Waals surface area contributed by atoms with Crippen LogP contribution in [0, 0.1) is 11.3 Å². The minimum Gasteiger partial charge on any atom is -0.472 e. The number of nitrogens with one attached hydrogen (secondary N) is 1. The molecule has 0 bridgehead atoms. The van der Waals surface area contributed by atoms with Crippen molar-refractivity contribution in [2.75, 3.05) is 6.54 Å². The van der Waals surface area contributed by atoms with Crippen LogP contribution in [0.4, 0.5) is 0 Å². The molecule has 1 fully saturated rings. The lowest BCUT2D eigenvalue weighted by atomic mass is 9.66. The fourth-order valence-electron chi connectivity index (χ4n) is 3.50. The van der Waals surface area contributed by atoms with Crippen LogP contribution < -0.4 is 11.1 Å². The van der Waals surface area contributed by atoms with Crippen molar-refractivity contribution in [2.45, 2.75) is 65.0 Å². The van der Waals surface area contributed by atoms with Crippen LogP contribution in [0.2, 0.25) is 0 Å². The van der Waals surface area contributed by atoms with Gasteiger partial charge in [0.05, 0.1) is 12.5 Å². The first-order chi connectivity index (χ1) is 9.54. The molecule has 1 aliphatic carbocycles. The van der Waals surface area contributed by atoms with E-state index in [2.05, 4.69) is 32.2 Å². The van der Waals surface area contributed by atoms with E-state index in [9.17, 15) is 0 Å². The van der Waals surface area contributed by atoms with Gasteiger partial charge in [-0.1, -0.05) is 27.2 Å². The molecule has 114 valence electrons. The van der Waals surface area contributed by atoms with Gasteiger partial charge in [0.1, 0.15) is 0 Å². The second-order valence-corrected chi connectivity index (χ2v) is 6.97. The van der Waals surface area contributed by atoms with Gasteiger partial charge in [0, 0.05) is 17.6 Å². The third kappa shape index (κ3) is 3.64. The molecule has 0 aromatic carbocycles. The summed E-state index contributed by atoms with van der Waals surface area (Å²) in [5.41, 5.74) is 8.07. The van der Waals surface area contributed by atoms with Gasteiger partial charge in [0.25, 0.3) is 0 Å². The molecule has 0 saturated heterocycles. The normalized spacial score (nSPS) is 27.4. The summed E-state index contributed by atoms with van der Waals surface area (Å²) in [5, 5.41) is 3.65. The summed E-state index contributed by atoms with van der Waals surface area (Å²) >= 11 is 0. The van der Waals surface area contributed by atoms with Gasteiger partial charge in [-0.25, -0.2) is 0 Å². The Bertz CT molecular complexity index is 386. The molecule has 1 heterocycles. The van der Waals surface area contributed by atoms with Crippen LogP contribution in [0.15, 0.2) is 23.0 Å². The molecule has 20 heavy (non-hydrogen) atoms. The average Bonchev–Trinajstić information content (AvgIpc) is 2.93. The molecule has 0 aliphatic heterocycles. The zero-order valence-corrected chi connectivity index (χ0v) is 13.2. The molecule has 1 aromatic rings. The summed E-state index contributed by atoms with van der Waals surface area (Å²) in [6.45, 7) is 7.88. The van der Waals surface area contributed by atoms with Crippen LogP contribution in [0.3, 0.4) is 0 Å². The van der Waals surface area contributed by atoms with E-state index in [1.165, 1.54) is 24.8 Å². The van der Waals surface area contributed by atoms with Gasteiger partial charge in [0.2, 0.25) is 0 Å². The van der Waals surface area contributed by atoms with Crippen LogP contribution in [-0.4, -0.2) is 12.6 Å². The highest BCUT2D eigenvalue weighted by Gasteiger charge is 2.37. The van der Waals surface area contributed by atoms with E-state index in [0.717, 1.165) is 19.4 Å². The molecule has 1 aliphatic rings. The number of hydrogen-bond acceptors (Lipinski definition) is 3. The predicted molar refractivity (Wildman–Crippen MR) is 83.5 cm³/mol. The summed E-state index contributed by atoms with van der Waals surface area (Å²) in [5.74, 6) is 0.600. The van der Waals surface area contributed by atoms with Crippen molar-refractivity contribution in [3.05, 3.63) is 24.2 Å². The monoisotopic (exact) mass is 278 g/mol. The Hall–Kier alpha value is -0.800. The van der Waals surface area contributed by atoms with Crippen molar-refractivity contribution in [3.8, 4) is 0 Å². The average molecular weight is 278 g/mol. The van der Waals surface area contributed by atoms with Crippen LogP contribution >= 0.6 is 0 Å². The maximum absolute atomic E-state index is 6.54. The SMILES string of the molecule is CCCNC(CC1CCCC(C)(C)C1N)c1ccoc1. The Morgan fingerprint density at radius 1 is 1.50 bits per heavy atom. The molecular weight excluding hydrogens is 248 g/mol. The van der Waals surface area contributed by atoms with Gasteiger partial charge < -0.3 is 15.5 Å². The zero-order valence-electron chi connectivity index (χ0n) is 13.2. The highest BCUT2D eigenvalue weighted by atomic mass is 16.3. The lowest BCUT2D eigenvalue weighted by molar-refractivity contribution is 0.124. The molecule has 1 saturated carbocycles. The third-order valence-corrected chi connectivity index (χ3v) is 4.93. The largest absolute Gasteiger partial charge is 0.472 e. The molecule has 0 radical (unpaired) electrons. The van der Waals surface area contributed by atoms with Crippen LogP contribution in [0.1, 0.15) is 64.5 Å². The quantitative estimate of drug-likeness (QED) is 0.830. The van der Waals surface area contributed by atoms with Gasteiger partial charge in [-0.15, -0.1) is 0 Å². The van der Waals surface area contributed by atoms with E-state index in [1.807, 2.05) is 6.26 Å². The van der Waals surface area contributed by atoms with Crippen molar-refractivity contribution in [3.63, 3.8) is 0 Å². The van der Waals surface area contributed by atoms with Crippen LogP contribution in [0.5, 0.6) is 0 Å². The first-order valence-corrected chi connectivity index (χ1v) is 8.05. The van der Waals surface area contributed by atoms with Gasteiger partial charge in [-0.05, 0) is 49.6 Å². The number of furan rings is 1. The van der Waals surface area contributed by atoms with Crippen molar-refractivity contribution in [2.24, 2.45) is 17.1 Å². The summed E-state index contributed by atoms with van der Waals surface area (Å²) in [7, 11) is 0. The van der Waals surface area contributed by atoms with Crippen molar-refractivity contribution in [1.82, 2.24) is 5.32 Å². The number of nitrogens with two attached hydrogens (primary N) is 1. The van der Waals surface area contributed by atoms with Crippen molar-refractivity contribution in [1.29, 1.82) is 0 Å². The second kappa shape index (κ2) is 6.77. The molecule has 0 spiro atoms. The molecule has 2 rings (SSSR count). The van der Waals surface area contributed by atoms with Crippen LogP contribution in [-0.2, 0) is 0 Å². The third-order valence-electron chi connectivity index (χ3n) is 4.93. The first-order valence-electron chi connectivity index (χ1n) is 8.05. The number of rotatable bonds is 6. The summed E-state index contributed by atoms with van der Waals surface area (Å²) in [4.78, 5) is 0. The maximum atomic E-state index is 6.54. The highest BCUT2D eigenvalue weighted by Crippen LogP contribution is 2.41. The Morgan fingerprint density at radius 3 is 2.95 bits per heavy atom. The summed E-state index contributed by atoms with van der Waals surface area (Å²) in [6, 6.07) is 2.75. The summed E-state index contributed by atoms with van der Waals surface area (Å²) < 4.78 is 5.26. The van der Waals surface area contributed by atoms with E-state index in [-0.39, 0.29) is 5.41 Å². The first kappa shape index (κ1) is 15.6. The molecule has 0 amide bonds. The Morgan fingerprint density at radius 2 is 2.30 bits per heavy atom. The molecular formula is C17H30N2O. The van der Waals surface area contributed by atoms with Gasteiger partial charge in [-0.2, -0.15) is 0 Å². The smallest absolute Gasteiger partial charge is 0.0950 e. The molecule has 1 aromatic heterocycles. The fourth-order valence-corrected chi connectivity index (χ4v) is 3.50. The minimum absolute atomic E-state index is 0.272. The molecule has 3 atom stereocenters. The minimum atomic E-state index is 0.272. The topological polar surface area (TPSA) is 51.2 Å². The molecule has 3 heteroatoms. The van der Waals surface area contributed by atoms with Crippen molar-refractivity contribution >= 4 is 0 Å². The van der Waals surface area contributed by atoms with E-state index in [0.29, 0.717) is 18.0 Å². The van der Waals surface area contributed by atoms with Crippen molar-refractivity contribution < 1.29 is 4.42 Å². The second-order valence-electron chi connectivity index (χ2n) is 6.97. The predicted octanol–water partition coefficient (Wildman–Crippen LogP) is 3.86. The van der Waals surface area contributed by atoms with Gasteiger partial charge in [-0.3, -0.25) is 0 Å². The van der Waals surface area contributed by atoms with Crippen LogP contribution in [0.25, 0.3) is 0 Å². The highest BCUT2D eigenvalue weighted by molar-refractivity contribution is 5.12. The fraction of sp³-hybridized carbons (Fsp3) is 0.765. The Kier molecular flexibility index (Phi) is 5.28. The molecule has 3 unspecified atom stereocenters. The van der Waals surface area contributed by atoms with Gasteiger partial charge in [0.15, 0.2) is 0 Å². The molecule has 3 nitrogen and oxygen atoms in total. The standard InChI is InChI=1S/C17H30N2O/c1-4-9-19-15(14-7-10-20-12-14)11-13-6-5-8-17(2,3)16(13)18/h7,10,12-13,15-16,19H,4-6,8-9,11,18H2,1-3H3. The lowest BCUT2D eigenvalue weighted by Gasteiger charge is -2.43. The van der Waals surface area contributed by atoms with E-state index < -0.39 is 0 Å². The summed E-state index contributed by atoms with van der Waals surface area (Å²) in [6.07, 6.45) is 9.71. The number of hydrogen-bond donors (Lipinski definition) is 2. The molecule has 3 N–H and O–H groups in total.